The number of aliphatic hydroxyl groups is 1. The van der Waals surface area contributed by atoms with E-state index in [1.807, 2.05) is 37.7 Å². The van der Waals surface area contributed by atoms with Gasteiger partial charge in [0.1, 0.15) is 0 Å². The van der Waals surface area contributed by atoms with Crippen molar-refractivity contribution in [3.8, 4) is 0 Å². The van der Waals surface area contributed by atoms with Crippen LogP contribution in [-0.2, 0) is 5.60 Å². The molecule has 1 nitrogen and oxygen atoms in total. The minimum Gasteiger partial charge on any atom is -0.385 e. The first-order chi connectivity index (χ1) is 7.16. The molecule has 2 heteroatoms. The summed E-state index contributed by atoms with van der Waals surface area (Å²) >= 11 is 1.83. The highest BCUT2D eigenvalue weighted by molar-refractivity contribution is 7.99. The van der Waals surface area contributed by atoms with Gasteiger partial charge in [-0.2, -0.15) is 0 Å². The minimum atomic E-state index is -0.643. The number of hydrogen-bond acceptors (Lipinski definition) is 2. The van der Waals surface area contributed by atoms with E-state index in [2.05, 4.69) is 19.1 Å². The summed E-state index contributed by atoms with van der Waals surface area (Å²) in [5.74, 6) is 1.09. The number of benzene rings is 1. The highest BCUT2D eigenvalue weighted by Crippen LogP contribution is 2.29. The molecule has 0 amide bonds. The molecule has 0 atom stereocenters. The van der Waals surface area contributed by atoms with E-state index in [1.54, 1.807) is 0 Å². The highest BCUT2D eigenvalue weighted by Gasteiger charge is 2.24. The van der Waals surface area contributed by atoms with E-state index in [0.29, 0.717) is 0 Å². The van der Waals surface area contributed by atoms with Gasteiger partial charge in [-0.25, -0.2) is 0 Å². The highest BCUT2D eigenvalue weighted by atomic mass is 32.2. The lowest BCUT2D eigenvalue weighted by Crippen LogP contribution is -2.23. The first-order valence-corrected chi connectivity index (χ1v) is 6.60. The molecule has 0 saturated heterocycles. The Hall–Kier alpha value is -0.470. The monoisotopic (exact) mass is 224 g/mol. The summed E-state index contributed by atoms with van der Waals surface area (Å²) in [7, 11) is 0. The fourth-order valence-corrected chi connectivity index (χ4v) is 2.35. The van der Waals surface area contributed by atoms with Crippen LogP contribution >= 0.6 is 11.8 Å². The number of thioether (sulfide) groups is 1. The Morgan fingerprint density at radius 2 is 1.60 bits per heavy atom. The van der Waals surface area contributed by atoms with Gasteiger partial charge in [0.15, 0.2) is 0 Å². The molecular weight excluding hydrogens is 204 g/mol. The SMILES string of the molecule is CCSc1ccc(C(O)(CC)CC)cc1. The van der Waals surface area contributed by atoms with E-state index in [0.717, 1.165) is 24.2 Å². The van der Waals surface area contributed by atoms with Gasteiger partial charge < -0.3 is 5.11 Å². The Bertz CT molecular complexity index is 288. The van der Waals surface area contributed by atoms with Crippen LogP contribution < -0.4 is 0 Å². The van der Waals surface area contributed by atoms with Crippen LogP contribution in [0.5, 0.6) is 0 Å². The molecule has 1 aromatic rings. The zero-order chi connectivity index (χ0) is 11.3. The molecule has 0 bridgehead atoms. The van der Waals surface area contributed by atoms with Crippen molar-refractivity contribution in [2.45, 2.75) is 44.1 Å². The van der Waals surface area contributed by atoms with E-state index in [9.17, 15) is 5.11 Å². The van der Waals surface area contributed by atoms with E-state index < -0.39 is 5.60 Å². The van der Waals surface area contributed by atoms with Gasteiger partial charge in [0.2, 0.25) is 0 Å². The third-order valence-electron chi connectivity index (χ3n) is 2.87. The van der Waals surface area contributed by atoms with Crippen molar-refractivity contribution in [2.75, 3.05) is 5.75 Å². The number of hydrogen-bond donors (Lipinski definition) is 1. The third kappa shape index (κ3) is 2.99. The van der Waals surface area contributed by atoms with Crippen molar-refractivity contribution < 1.29 is 5.11 Å². The lowest BCUT2D eigenvalue weighted by atomic mass is 9.89. The molecule has 1 rings (SSSR count). The van der Waals surface area contributed by atoms with Crippen molar-refractivity contribution in [1.29, 1.82) is 0 Å². The van der Waals surface area contributed by atoms with Gasteiger partial charge in [-0.05, 0) is 36.3 Å². The van der Waals surface area contributed by atoms with Gasteiger partial charge in [0, 0.05) is 4.90 Å². The molecule has 1 N–H and O–H groups in total. The summed E-state index contributed by atoms with van der Waals surface area (Å²) in [6.07, 6.45) is 1.54. The fourth-order valence-electron chi connectivity index (χ4n) is 1.69. The first kappa shape index (κ1) is 12.6. The second-order valence-corrected chi connectivity index (χ2v) is 5.03. The molecule has 0 aliphatic carbocycles. The van der Waals surface area contributed by atoms with Crippen LogP contribution in [-0.4, -0.2) is 10.9 Å². The van der Waals surface area contributed by atoms with Crippen molar-refractivity contribution in [2.24, 2.45) is 0 Å². The lowest BCUT2D eigenvalue weighted by Gasteiger charge is -2.25. The van der Waals surface area contributed by atoms with Gasteiger partial charge >= 0.3 is 0 Å². The van der Waals surface area contributed by atoms with E-state index in [4.69, 9.17) is 0 Å². The molecular formula is C13H20OS. The van der Waals surface area contributed by atoms with Crippen LogP contribution in [0.3, 0.4) is 0 Å². The molecule has 0 aliphatic rings. The normalized spacial score (nSPS) is 11.7. The Balaban J connectivity index is 2.87. The predicted molar refractivity (Wildman–Crippen MR) is 67.3 cm³/mol. The largest absolute Gasteiger partial charge is 0.385 e. The van der Waals surface area contributed by atoms with Crippen molar-refractivity contribution in [3.63, 3.8) is 0 Å². The van der Waals surface area contributed by atoms with Crippen LogP contribution in [0.1, 0.15) is 39.2 Å². The topological polar surface area (TPSA) is 20.2 Å². The summed E-state index contributed by atoms with van der Waals surface area (Å²) in [6.45, 7) is 6.20. The van der Waals surface area contributed by atoms with Crippen LogP contribution in [0.2, 0.25) is 0 Å². The predicted octanol–water partition coefficient (Wildman–Crippen LogP) is 3.81. The quantitative estimate of drug-likeness (QED) is 0.768. The first-order valence-electron chi connectivity index (χ1n) is 5.62. The molecule has 0 spiro atoms. The third-order valence-corrected chi connectivity index (χ3v) is 3.77. The zero-order valence-electron chi connectivity index (χ0n) is 9.79. The molecule has 0 saturated carbocycles. The second-order valence-electron chi connectivity index (χ2n) is 3.70. The van der Waals surface area contributed by atoms with Crippen LogP contribution in [0, 0.1) is 0 Å². The molecule has 0 unspecified atom stereocenters. The van der Waals surface area contributed by atoms with Gasteiger partial charge in [-0.1, -0.05) is 32.9 Å². The Kier molecular flexibility index (Phi) is 4.68. The van der Waals surface area contributed by atoms with Gasteiger partial charge in [0.25, 0.3) is 0 Å². The smallest absolute Gasteiger partial charge is 0.0891 e. The summed E-state index contributed by atoms with van der Waals surface area (Å²) in [5.41, 5.74) is 0.392. The van der Waals surface area contributed by atoms with Gasteiger partial charge in [0.05, 0.1) is 5.60 Å². The Morgan fingerprint density at radius 1 is 1.07 bits per heavy atom. The molecule has 0 aliphatic heterocycles. The Labute approximate surface area is 96.9 Å². The van der Waals surface area contributed by atoms with Crippen molar-refractivity contribution in [3.05, 3.63) is 29.8 Å². The van der Waals surface area contributed by atoms with Crippen molar-refractivity contribution in [1.82, 2.24) is 0 Å². The molecule has 0 radical (unpaired) electrons. The molecule has 1 aromatic carbocycles. The molecule has 15 heavy (non-hydrogen) atoms. The lowest BCUT2D eigenvalue weighted by molar-refractivity contribution is 0.0283. The molecule has 84 valence electrons. The molecule has 0 aromatic heterocycles. The minimum absolute atomic E-state index is 0.643. The standard InChI is InChI=1S/C13H20OS/c1-4-13(14,5-2)11-7-9-12(10-8-11)15-6-3/h7-10,14H,4-6H2,1-3H3. The average molecular weight is 224 g/mol. The average Bonchev–Trinajstić information content (AvgIpc) is 2.29. The summed E-state index contributed by atoms with van der Waals surface area (Å²) in [4.78, 5) is 1.27. The summed E-state index contributed by atoms with van der Waals surface area (Å²) < 4.78 is 0. The summed E-state index contributed by atoms with van der Waals surface area (Å²) in [6, 6.07) is 8.29. The van der Waals surface area contributed by atoms with Crippen LogP contribution in [0.15, 0.2) is 29.2 Å². The van der Waals surface area contributed by atoms with E-state index in [-0.39, 0.29) is 0 Å². The van der Waals surface area contributed by atoms with Gasteiger partial charge in [-0.15, -0.1) is 11.8 Å². The van der Waals surface area contributed by atoms with E-state index in [1.165, 1.54) is 4.90 Å². The van der Waals surface area contributed by atoms with E-state index >= 15 is 0 Å². The fraction of sp³-hybridized carbons (Fsp3) is 0.538. The van der Waals surface area contributed by atoms with Crippen molar-refractivity contribution >= 4 is 11.8 Å². The maximum Gasteiger partial charge on any atom is 0.0891 e. The number of rotatable bonds is 5. The molecule has 0 heterocycles. The summed E-state index contributed by atoms with van der Waals surface area (Å²) in [5, 5.41) is 10.3. The molecule has 0 fully saturated rings. The Morgan fingerprint density at radius 3 is 2.00 bits per heavy atom. The maximum atomic E-state index is 10.3. The van der Waals surface area contributed by atoms with Gasteiger partial charge in [-0.3, -0.25) is 0 Å². The van der Waals surface area contributed by atoms with Crippen LogP contribution in [0.4, 0.5) is 0 Å². The van der Waals surface area contributed by atoms with Crippen LogP contribution in [0.25, 0.3) is 0 Å². The second kappa shape index (κ2) is 5.57. The maximum absolute atomic E-state index is 10.3. The zero-order valence-corrected chi connectivity index (χ0v) is 10.6.